The molecule has 0 aromatic carbocycles. The van der Waals surface area contributed by atoms with Gasteiger partial charge in [-0.2, -0.15) is 5.10 Å². The van der Waals surface area contributed by atoms with Gasteiger partial charge in [0.25, 0.3) is 0 Å². The van der Waals surface area contributed by atoms with E-state index in [-0.39, 0.29) is 6.61 Å². The fourth-order valence-corrected chi connectivity index (χ4v) is 1.51. The molecule has 2 aromatic heterocycles. The van der Waals surface area contributed by atoms with Gasteiger partial charge in [0.05, 0.1) is 23.8 Å². The Kier molecular flexibility index (Phi) is 4.05. The molecule has 7 heteroatoms. The van der Waals surface area contributed by atoms with Crippen LogP contribution in [-0.4, -0.2) is 31.5 Å². The minimum atomic E-state index is 0.0877. The number of aromatic nitrogens is 4. The first-order valence-corrected chi connectivity index (χ1v) is 5.91. The van der Waals surface area contributed by atoms with E-state index in [1.165, 1.54) is 0 Å². The topological polar surface area (TPSA) is 75.9 Å². The van der Waals surface area contributed by atoms with Crippen LogP contribution in [0.25, 0.3) is 0 Å². The van der Waals surface area contributed by atoms with E-state index >= 15 is 0 Å². The van der Waals surface area contributed by atoms with Gasteiger partial charge in [0.1, 0.15) is 0 Å². The summed E-state index contributed by atoms with van der Waals surface area (Å²) < 4.78 is 2.54. The van der Waals surface area contributed by atoms with Gasteiger partial charge < -0.3 is 10.4 Å². The average Bonchev–Trinajstić information content (AvgIpc) is 2.77. The van der Waals surface area contributed by atoms with Crippen molar-refractivity contribution in [3.8, 4) is 0 Å². The van der Waals surface area contributed by atoms with Crippen molar-refractivity contribution in [3.05, 3.63) is 34.8 Å². The van der Waals surface area contributed by atoms with Crippen LogP contribution >= 0.6 is 15.9 Å². The summed E-state index contributed by atoms with van der Waals surface area (Å²) >= 11 is 3.27. The molecule has 2 heterocycles. The number of aliphatic hydroxyl groups excluding tert-OH is 1. The minimum Gasteiger partial charge on any atom is -0.394 e. The van der Waals surface area contributed by atoms with E-state index in [2.05, 4.69) is 36.3 Å². The third-order valence-electron chi connectivity index (χ3n) is 2.09. The predicted octanol–water partition coefficient (Wildman–Crippen LogP) is 1.04. The Morgan fingerprint density at radius 3 is 2.76 bits per heavy atom. The highest BCUT2D eigenvalue weighted by molar-refractivity contribution is 9.10. The SMILES string of the molecule is OCCn1cc(CNc2ncc(Br)cn2)cn1. The maximum absolute atomic E-state index is 8.76. The van der Waals surface area contributed by atoms with Crippen LogP contribution in [-0.2, 0) is 13.1 Å². The molecule has 0 aliphatic carbocycles. The zero-order chi connectivity index (χ0) is 12.1. The van der Waals surface area contributed by atoms with E-state index in [0.717, 1.165) is 10.0 Å². The third-order valence-corrected chi connectivity index (χ3v) is 2.50. The molecule has 2 aromatic rings. The molecular formula is C10H12BrN5O. The van der Waals surface area contributed by atoms with Gasteiger partial charge in [-0.3, -0.25) is 4.68 Å². The monoisotopic (exact) mass is 297 g/mol. The molecule has 0 radical (unpaired) electrons. The highest BCUT2D eigenvalue weighted by Gasteiger charge is 2.00. The van der Waals surface area contributed by atoms with Crippen molar-refractivity contribution in [1.29, 1.82) is 0 Å². The molecule has 2 N–H and O–H groups in total. The van der Waals surface area contributed by atoms with Crippen LogP contribution in [0.15, 0.2) is 29.3 Å². The van der Waals surface area contributed by atoms with Gasteiger partial charge in [-0.1, -0.05) is 0 Å². The molecule has 0 unspecified atom stereocenters. The number of aliphatic hydroxyl groups is 1. The average molecular weight is 298 g/mol. The van der Waals surface area contributed by atoms with E-state index in [1.54, 1.807) is 23.3 Å². The minimum absolute atomic E-state index is 0.0877. The zero-order valence-electron chi connectivity index (χ0n) is 9.04. The second kappa shape index (κ2) is 5.74. The van der Waals surface area contributed by atoms with Crippen molar-refractivity contribution >= 4 is 21.9 Å². The van der Waals surface area contributed by atoms with Crippen molar-refractivity contribution in [1.82, 2.24) is 19.7 Å². The Balaban J connectivity index is 1.90. The fourth-order valence-electron chi connectivity index (χ4n) is 1.31. The molecule has 0 fully saturated rings. The lowest BCUT2D eigenvalue weighted by atomic mass is 10.4. The van der Waals surface area contributed by atoms with Crippen LogP contribution in [0.3, 0.4) is 0 Å². The van der Waals surface area contributed by atoms with Crippen LogP contribution in [0.1, 0.15) is 5.56 Å². The number of nitrogens with one attached hydrogen (secondary N) is 1. The smallest absolute Gasteiger partial charge is 0.222 e. The molecule has 0 aliphatic heterocycles. The molecule has 0 amide bonds. The van der Waals surface area contributed by atoms with Crippen molar-refractivity contribution in [2.45, 2.75) is 13.1 Å². The zero-order valence-corrected chi connectivity index (χ0v) is 10.6. The van der Waals surface area contributed by atoms with E-state index in [9.17, 15) is 0 Å². The molecule has 0 saturated heterocycles. The molecule has 0 aliphatic rings. The van der Waals surface area contributed by atoms with Gasteiger partial charge in [0.2, 0.25) is 5.95 Å². The normalized spacial score (nSPS) is 10.5. The lowest BCUT2D eigenvalue weighted by Gasteiger charge is -2.01. The number of rotatable bonds is 5. The van der Waals surface area contributed by atoms with Gasteiger partial charge in [0, 0.05) is 30.7 Å². The first-order valence-electron chi connectivity index (χ1n) is 5.11. The largest absolute Gasteiger partial charge is 0.394 e. The first-order chi connectivity index (χ1) is 8.28. The molecule has 17 heavy (non-hydrogen) atoms. The van der Waals surface area contributed by atoms with Gasteiger partial charge >= 0.3 is 0 Å². The van der Waals surface area contributed by atoms with E-state index in [1.807, 2.05) is 6.20 Å². The number of nitrogens with zero attached hydrogens (tertiary/aromatic N) is 4. The van der Waals surface area contributed by atoms with Crippen molar-refractivity contribution in [2.24, 2.45) is 0 Å². The van der Waals surface area contributed by atoms with Gasteiger partial charge in [-0.25, -0.2) is 9.97 Å². The van der Waals surface area contributed by atoms with Crippen LogP contribution in [0.2, 0.25) is 0 Å². The summed E-state index contributed by atoms with van der Waals surface area (Å²) in [6.45, 7) is 1.20. The fraction of sp³-hybridized carbons (Fsp3) is 0.300. The quantitative estimate of drug-likeness (QED) is 0.862. The summed E-state index contributed by atoms with van der Waals surface area (Å²) in [6.07, 6.45) is 7.00. The Bertz CT molecular complexity index is 470. The Labute approximate surface area is 107 Å². The van der Waals surface area contributed by atoms with Crippen LogP contribution < -0.4 is 5.32 Å². The molecule has 90 valence electrons. The van der Waals surface area contributed by atoms with Crippen LogP contribution in [0.5, 0.6) is 0 Å². The van der Waals surface area contributed by atoms with E-state index in [4.69, 9.17) is 5.11 Å². The number of halogens is 1. The van der Waals surface area contributed by atoms with Crippen LogP contribution in [0.4, 0.5) is 5.95 Å². The summed E-state index contributed by atoms with van der Waals surface area (Å²) in [5.74, 6) is 0.572. The van der Waals surface area contributed by atoms with Crippen molar-refractivity contribution in [2.75, 3.05) is 11.9 Å². The highest BCUT2D eigenvalue weighted by Crippen LogP contribution is 2.08. The summed E-state index contributed by atoms with van der Waals surface area (Å²) in [5, 5.41) is 15.9. The molecule has 6 nitrogen and oxygen atoms in total. The maximum Gasteiger partial charge on any atom is 0.222 e. The summed E-state index contributed by atoms with van der Waals surface area (Å²) in [5.41, 5.74) is 1.02. The summed E-state index contributed by atoms with van der Waals surface area (Å²) in [6, 6.07) is 0. The Morgan fingerprint density at radius 1 is 1.29 bits per heavy atom. The van der Waals surface area contributed by atoms with E-state index < -0.39 is 0 Å². The third kappa shape index (κ3) is 3.50. The van der Waals surface area contributed by atoms with Gasteiger partial charge in [0.15, 0.2) is 0 Å². The number of hydrogen-bond donors (Lipinski definition) is 2. The lowest BCUT2D eigenvalue weighted by Crippen LogP contribution is -2.03. The standard InChI is InChI=1S/C10H12BrN5O/c11-9-5-13-10(14-6-9)12-3-8-4-15-16(7-8)1-2-17/h4-7,17H,1-3H2,(H,12,13,14). The number of anilines is 1. The van der Waals surface area contributed by atoms with Crippen molar-refractivity contribution < 1.29 is 5.11 Å². The van der Waals surface area contributed by atoms with Crippen LogP contribution in [0, 0.1) is 0 Å². The van der Waals surface area contributed by atoms with Gasteiger partial charge in [-0.05, 0) is 15.9 Å². The first kappa shape index (κ1) is 12.0. The highest BCUT2D eigenvalue weighted by atomic mass is 79.9. The predicted molar refractivity (Wildman–Crippen MR) is 66.4 cm³/mol. The molecular weight excluding hydrogens is 286 g/mol. The molecule has 0 bridgehead atoms. The van der Waals surface area contributed by atoms with Crippen molar-refractivity contribution in [3.63, 3.8) is 0 Å². The molecule has 0 spiro atoms. The van der Waals surface area contributed by atoms with Gasteiger partial charge in [-0.15, -0.1) is 0 Å². The summed E-state index contributed by atoms with van der Waals surface area (Å²) in [4.78, 5) is 8.20. The molecule has 0 saturated carbocycles. The second-order valence-corrected chi connectivity index (χ2v) is 4.33. The lowest BCUT2D eigenvalue weighted by molar-refractivity contribution is 0.269. The second-order valence-electron chi connectivity index (χ2n) is 3.41. The Morgan fingerprint density at radius 2 is 2.06 bits per heavy atom. The van der Waals surface area contributed by atoms with E-state index in [0.29, 0.717) is 19.0 Å². The molecule has 2 rings (SSSR count). The Hall–Kier alpha value is -1.47. The number of hydrogen-bond acceptors (Lipinski definition) is 5. The molecule has 0 atom stereocenters. The summed E-state index contributed by atoms with van der Waals surface area (Å²) in [7, 11) is 0. The maximum atomic E-state index is 8.76.